The summed E-state index contributed by atoms with van der Waals surface area (Å²) in [5, 5.41) is 1.36. The summed E-state index contributed by atoms with van der Waals surface area (Å²) >= 11 is 12.0. The molecule has 0 amide bonds. The lowest BCUT2D eigenvalue weighted by atomic mass is 10.0. The van der Waals surface area contributed by atoms with E-state index in [1.807, 2.05) is 31.2 Å². The van der Waals surface area contributed by atoms with Gasteiger partial charge < -0.3 is 5.73 Å². The summed E-state index contributed by atoms with van der Waals surface area (Å²) in [6, 6.07) is 9.44. The minimum Gasteiger partial charge on any atom is -0.322 e. The average Bonchev–Trinajstić information content (AvgIpc) is 2.33. The van der Waals surface area contributed by atoms with Crippen LogP contribution in [0.3, 0.4) is 0 Å². The van der Waals surface area contributed by atoms with E-state index in [9.17, 15) is 0 Å². The third-order valence-corrected chi connectivity index (χ3v) is 3.35. The second-order valence-corrected chi connectivity index (χ2v) is 5.15. The van der Waals surface area contributed by atoms with Crippen LogP contribution in [0.25, 0.3) is 0 Å². The van der Waals surface area contributed by atoms with Gasteiger partial charge >= 0.3 is 0 Å². The summed E-state index contributed by atoms with van der Waals surface area (Å²) in [7, 11) is 0. The van der Waals surface area contributed by atoms with Crippen molar-refractivity contribution in [3.63, 3.8) is 0 Å². The molecule has 0 spiro atoms. The quantitative estimate of drug-likeness (QED) is 0.925. The van der Waals surface area contributed by atoms with Gasteiger partial charge in [-0.25, -0.2) is 0 Å². The number of rotatable bonds is 3. The molecule has 1 aromatic heterocycles. The van der Waals surface area contributed by atoms with Crippen molar-refractivity contribution in [2.45, 2.75) is 19.4 Å². The third kappa shape index (κ3) is 3.22. The van der Waals surface area contributed by atoms with Gasteiger partial charge in [0.1, 0.15) is 0 Å². The second-order valence-electron chi connectivity index (χ2n) is 4.31. The molecule has 2 N–H and O–H groups in total. The van der Waals surface area contributed by atoms with Gasteiger partial charge in [0.05, 0.1) is 16.8 Å². The van der Waals surface area contributed by atoms with Crippen molar-refractivity contribution in [1.29, 1.82) is 0 Å². The van der Waals surface area contributed by atoms with Crippen LogP contribution in [-0.2, 0) is 6.42 Å². The fourth-order valence-electron chi connectivity index (χ4n) is 1.77. The van der Waals surface area contributed by atoms with Crippen LogP contribution in [0.1, 0.15) is 22.9 Å². The summed E-state index contributed by atoms with van der Waals surface area (Å²) in [5.41, 5.74) is 9.11. The van der Waals surface area contributed by atoms with Gasteiger partial charge in [0.15, 0.2) is 0 Å². The highest BCUT2D eigenvalue weighted by Crippen LogP contribution is 2.23. The van der Waals surface area contributed by atoms with E-state index >= 15 is 0 Å². The Morgan fingerprint density at radius 3 is 2.61 bits per heavy atom. The molecule has 4 heteroatoms. The topological polar surface area (TPSA) is 38.9 Å². The SMILES string of the molecule is Cc1ccc(CC(N)c2ccc(Cl)cn2)c(Cl)c1. The predicted molar refractivity (Wildman–Crippen MR) is 76.1 cm³/mol. The molecular formula is C14H14Cl2N2. The van der Waals surface area contributed by atoms with Crippen molar-refractivity contribution in [2.75, 3.05) is 0 Å². The van der Waals surface area contributed by atoms with Crippen LogP contribution < -0.4 is 5.73 Å². The molecule has 18 heavy (non-hydrogen) atoms. The largest absolute Gasteiger partial charge is 0.322 e. The van der Waals surface area contributed by atoms with Crippen molar-refractivity contribution in [2.24, 2.45) is 5.73 Å². The molecule has 0 aliphatic carbocycles. The second kappa shape index (κ2) is 5.70. The molecular weight excluding hydrogens is 267 g/mol. The van der Waals surface area contributed by atoms with Gasteiger partial charge in [-0.05, 0) is 42.7 Å². The number of aromatic nitrogens is 1. The summed E-state index contributed by atoms with van der Waals surface area (Å²) < 4.78 is 0. The lowest BCUT2D eigenvalue weighted by Crippen LogP contribution is -2.15. The molecule has 1 atom stereocenters. The van der Waals surface area contributed by atoms with Gasteiger partial charge in [0.2, 0.25) is 0 Å². The Morgan fingerprint density at radius 2 is 2.00 bits per heavy atom. The Labute approximate surface area is 117 Å². The Hall–Kier alpha value is -1.09. The average molecular weight is 281 g/mol. The molecule has 0 saturated carbocycles. The molecule has 2 aromatic rings. The Balaban J connectivity index is 2.15. The Morgan fingerprint density at radius 1 is 1.22 bits per heavy atom. The zero-order chi connectivity index (χ0) is 13.1. The van der Waals surface area contributed by atoms with Crippen LogP contribution in [-0.4, -0.2) is 4.98 Å². The maximum absolute atomic E-state index is 6.19. The van der Waals surface area contributed by atoms with E-state index in [1.54, 1.807) is 12.3 Å². The minimum atomic E-state index is -0.178. The monoisotopic (exact) mass is 280 g/mol. The van der Waals surface area contributed by atoms with Gasteiger partial charge in [0.25, 0.3) is 0 Å². The van der Waals surface area contributed by atoms with Crippen molar-refractivity contribution in [3.8, 4) is 0 Å². The zero-order valence-corrected chi connectivity index (χ0v) is 11.5. The van der Waals surface area contributed by atoms with E-state index in [1.165, 1.54) is 0 Å². The van der Waals surface area contributed by atoms with Gasteiger partial charge in [-0.1, -0.05) is 35.3 Å². The molecule has 94 valence electrons. The number of hydrogen-bond donors (Lipinski definition) is 1. The van der Waals surface area contributed by atoms with Gasteiger partial charge in [-0.2, -0.15) is 0 Å². The van der Waals surface area contributed by atoms with E-state index in [0.717, 1.165) is 21.8 Å². The lowest BCUT2D eigenvalue weighted by molar-refractivity contribution is 0.696. The first-order valence-corrected chi connectivity index (χ1v) is 6.44. The number of pyridine rings is 1. The van der Waals surface area contributed by atoms with Gasteiger partial charge in [-0.15, -0.1) is 0 Å². The first-order valence-electron chi connectivity index (χ1n) is 5.68. The fraction of sp³-hybridized carbons (Fsp3) is 0.214. The molecule has 0 aliphatic rings. The van der Waals surface area contributed by atoms with Crippen LogP contribution in [0.4, 0.5) is 0 Å². The number of hydrogen-bond acceptors (Lipinski definition) is 2. The summed E-state index contributed by atoms with van der Waals surface area (Å²) in [6.07, 6.45) is 2.27. The molecule has 2 nitrogen and oxygen atoms in total. The maximum atomic E-state index is 6.19. The van der Waals surface area contributed by atoms with Crippen molar-refractivity contribution >= 4 is 23.2 Å². The van der Waals surface area contributed by atoms with E-state index in [4.69, 9.17) is 28.9 Å². The van der Waals surface area contributed by atoms with E-state index in [0.29, 0.717) is 11.4 Å². The summed E-state index contributed by atoms with van der Waals surface area (Å²) in [6.45, 7) is 2.01. The summed E-state index contributed by atoms with van der Waals surface area (Å²) in [4.78, 5) is 4.22. The standard InChI is InChI=1S/C14H14Cl2N2/c1-9-2-3-10(12(16)6-9)7-13(17)14-5-4-11(15)8-18-14/h2-6,8,13H,7,17H2,1H3. The molecule has 0 bridgehead atoms. The Kier molecular flexibility index (Phi) is 4.23. The third-order valence-electron chi connectivity index (χ3n) is 2.78. The van der Waals surface area contributed by atoms with E-state index in [-0.39, 0.29) is 6.04 Å². The smallest absolute Gasteiger partial charge is 0.0589 e. The van der Waals surface area contributed by atoms with Crippen LogP contribution in [0, 0.1) is 6.92 Å². The van der Waals surface area contributed by atoms with E-state index < -0.39 is 0 Å². The lowest BCUT2D eigenvalue weighted by Gasteiger charge is -2.12. The number of nitrogens with zero attached hydrogens (tertiary/aromatic N) is 1. The van der Waals surface area contributed by atoms with E-state index in [2.05, 4.69) is 4.98 Å². The fourth-order valence-corrected chi connectivity index (χ4v) is 2.19. The zero-order valence-electron chi connectivity index (χ0n) is 10.0. The minimum absolute atomic E-state index is 0.178. The van der Waals surface area contributed by atoms with Crippen LogP contribution in [0.15, 0.2) is 36.5 Å². The molecule has 0 aliphatic heterocycles. The molecule has 0 radical (unpaired) electrons. The molecule has 0 saturated heterocycles. The van der Waals surface area contributed by atoms with Crippen molar-refractivity contribution in [1.82, 2.24) is 4.98 Å². The molecule has 2 rings (SSSR count). The number of halogens is 2. The molecule has 1 aromatic carbocycles. The van der Waals surface area contributed by atoms with Gasteiger partial charge in [-0.3, -0.25) is 4.98 Å². The normalized spacial score (nSPS) is 12.4. The van der Waals surface area contributed by atoms with Crippen molar-refractivity contribution in [3.05, 3.63) is 63.4 Å². The predicted octanol–water partition coefficient (Wildman–Crippen LogP) is 3.94. The highest BCUT2D eigenvalue weighted by Gasteiger charge is 2.10. The van der Waals surface area contributed by atoms with Crippen molar-refractivity contribution < 1.29 is 0 Å². The first-order chi connectivity index (χ1) is 8.56. The van der Waals surface area contributed by atoms with Crippen LogP contribution in [0.2, 0.25) is 10.0 Å². The summed E-state index contributed by atoms with van der Waals surface area (Å²) in [5.74, 6) is 0. The van der Waals surface area contributed by atoms with Crippen LogP contribution in [0.5, 0.6) is 0 Å². The number of aryl methyl sites for hydroxylation is 1. The highest BCUT2D eigenvalue weighted by molar-refractivity contribution is 6.31. The highest BCUT2D eigenvalue weighted by atomic mass is 35.5. The first kappa shape index (κ1) is 13.3. The molecule has 1 unspecified atom stereocenters. The number of nitrogens with two attached hydrogens (primary N) is 1. The van der Waals surface area contributed by atoms with Crippen LogP contribution >= 0.6 is 23.2 Å². The molecule has 0 fully saturated rings. The maximum Gasteiger partial charge on any atom is 0.0589 e. The molecule has 1 heterocycles. The Bertz CT molecular complexity index is 538. The number of benzene rings is 1. The van der Waals surface area contributed by atoms with Gasteiger partial charge in [0, 0.05) is 11.2 Å².